The summed E-state index contributed by atoms with van der Waals surface area (Å²) in [5.74, 6) is 1.40. The lowest BCUT2D eigenvalue weighted by Crippen LogP contribution is -2.14. The summed E-state index contributed by atoms with van der Waals surface area (Å²) in [6.45, 7) is 5.90. The van der Waals surface area contributed by atoms with Crippen LogP contribution in [0.15, 0.2) is 41.6 Å². The van der Waals surface area contributed by atoms with E-state index in [0.29, 0.717) is 36.4 Å². The van der Waals surface area contributed by atoms with E-state index < -0.39 is 0 Å². The second-order valence-electron chi connectivity index (χ2n) is 8.29. The number of carbonyl (C=O) groups excluding carboxylic acids is 2. The van der Waals surface area contributed by atoms with Gasteiger partial charge in [-0.3, -0.25) is 9.59 Å². The van der Waals surface area contributed by atoms with Crippen LogP contribution in [-0.4, -0.2) is 32.3 Å². The van der Waals surface area contributed by atoms with Crippen LogP contribution >= 0.6 is 23.4 Å². The van der Waals surface area contributed by atoms with Gasteiger partial charge in [0.2, 0.25) is 11.8 Å². The van der Waals surface area contributed by atoms with Gasteiger partial charge >= 0.3 is 0 Å². The van der Waals surface area contributed by atoms with Crippen molar-refractivity contribution in [1.82, 2.24) is 14.8 Å². The zero-order chi connectivity index (χ0) is 24.7. The number of nitrogens with zero attached hydrogens (tertiary/aromatic N) is 3. The number of aryl methyl sites for hydroxylation is 4. The largest absolute Gasteiger partial charge is 0.326 e. The first kappa shape index (κ1) is 25.8. The summed E-state index contributed by atoms with van der Waals surface area (Å²) in [6.07, 6.45) is 1.94. The number of aromatic nitrogens is 3. The van der Waals surface area contributed by atoms with Gasteiger partial charge in [0, 0.05) is 48.5 Å². The summed E-state index contributed by atoms with van der Waals surface area (Å²) in [4.78, 5) is 24.6. The molecule has 2 amide bonds. The normalized spacial score (nSPS) is 10.9. The number of rotatable bonds is 10. The quantitative estimate of drug-likeness (QED) is 0.285. The number of hydrogen-bond acceptors (Lipinski definition) is 5. The topological polar surface area (TPSA) is 88.9 Å². The van der Waals surface area contributed by atoms with Crippen LogP contribution < -0.4 is 10.6 Å². The van der Waals surface area contributed by atoms with E-state index in [-0.39, 0.29) is 11.8 Å². The van der Waals surface area contributed by atoms with Crippen LogP contribution in [0.1, 0.15) is 41.8 Å². The van der Waals surface area contributed by atoms with Gasteiger partial charge in [-0.15, -0.1) is 10.2 Å². The van der Waals surface area contributed by atoms with Crippen LogP contribution in [0.3, 0.4) is 0 Å². The predicted molar refractivity (Wildman–Crippen MR) is 139 cm³/mol. The van der Waals surface area contributed by atoms with Crippen molar-refractivity contribution >= 4 is 46.6 Å². The molecule has 1 aromatic heterocycles. The first-order valence-electron chi connectivity index (χ1n) is 11.2. The van der Waals surface area contributed by atoms with Gasteiger partial charge in [0.25, 0.3) is 0 Å². The third-order valence-corrected chi connectivity index (χ3v) is 6.92. The van der Waals surface area contributed by atoms with Crippen molar-refractivity contribution in [2.45, 2.75) is 51.6 Å². The Kier molecular flexibility index (Phi) is 9.12. The smallest absolute Gasteiger partial charge is 0.224 e. The molecule has 0 atom stereocenters. The minimum absolute atomic E-state index is 0.0472. The number of thioether (sulfide) groups is 1. The summed E-state index contributed by atoms with van der Waals surface area (Å²) in [6, 6.07) is 11.5. The molecule has 0 aliphatic heterocycles. The van der Waals surface area contributed by atoms with Crippen molar-refractivity contribution in [2.75, 3.05) is 16.4 Å². The van der Waals surface area contributed by atoms with Crippen LogP contribution in [0, 0.1) is 20.8 Å². The molecule has 7 nitrogen and oxygen atoms in total. The maximum atomic E-state index is 12.4. The fraction of sp³-hybridized carbons (Fsp3) is 0.360. The van der Waals surface area contributed by atoms with Gasteiger partial charge < -0.3 is 15.2 Å². The van der Waals surface area contributed by atoms with E-state index in [9.17, 15) is 9.59 Å². The highest BCUT2D eigenvalue weighted by molar-refractivity contribution is 7.99. The van der Waals surface area contributed by atoms with E-state index in [1.807, 2.05) is 62.7 Å². The summed E-state index contributed by atoms with van der Waals surface area (Å²) < 4.78 is 1.91. The molecule has 9 heteroatoms. The molecule has 0 fully saturated rings. The van der Waals surface area contributed by atoms with Crippen molar-refractivity contribution in [1.29, 1.82) is 0 Å². The van der Waals surface area contributed by atoms with Gasteiger partial charge in [-0.1, -0.05) is 41.6 Å². The van der Waals surface area contributed by atoms with E-state index in [0.717, 1.165) is 39.1 Å². The van der Waals surface area contributed by atoms with Gasteiger partial charge in [0.15, 0.2) is 5.16 Å². The van der Waals surface area contributed by atoms with Crippen LogP contribution in [0.25, 0.3) is 0 Å². The van der Waals surface area contributed by atoms with Gasteiger partial charge in [0.05, 0.1) is 0 Å². The van der Waals surface area contributed by atoms with Crippen molar-refractivity contribution in [2.24, 2.45) is 7.05 Å². The average molecular weight is 500 g/mol. The maximum Gasteiger partial charge on any atom is 0.224 e. The SMILES string of the molecule is Cc1ccc(C)c(NC(=O)CCc2nnc(SCCCC(=O)Nc3ccc(C)c(Cl)c3)n2C)c1. The van der Waals surface area contributed by atoms with Crippen LogP contribution in [0.5, 0.6) is 0 Å². The molecule has 0 spiro atoms. The molecule has 0 bridgehead atoms. The zero-order valence-electron chi connectivity index (χ0n) is 19.9. The Morgan fingerprint density at radius 3 is 2.47 bits per heavy atom. The molecule has 3 rings (SSSR count). The highest BCUT2D eigenvalue weighted by atomic mass is 35.5. The van der Waals surface area contributed by atoms with Crippen molar-refractivity contribution < 1.29 is 9.59 Å². The summed E-state index contributed by atoms with van der Waals surface area (Å²) in [5.41, 5.74) is 4.66. The highest BCUT2D eigenvalue weighted by Gasteiger charge is 2.12. The minimum atomic E-state index is -0.0493. The molecule has 2 N–H and O–H groups in total. The van der Waals surface area contributed by atoms with Crippen LogP contribution in [0.2, 0.25) is 5.02 Å². The first-order valence-corrected chi connectivity index (χ1v) is 12.5. The van der Waals surface area contributed by atoms with Crippen LogP contribution in [-0.2, 0) is 23.1 Å². The second kappa shape index (κ2) is 12.0. The fourth-order valence-electron chi connectivity index (χ4n) is 3.29. The number of carbonyl (C=O) groups is 2. The van der Waals surface area contributed by atoms with Crippen molar-refractivity contribution in [3.63, 3.8) is 0 Å². The molecular formula is C25H30ClN5O2S. The Balaban J connectivity index is 1.40. The van der Waals surface area contributed by atoms with E-state index in [1.165, 1.54) is 0 Å². The van der Waals surface area contributed by atoms with Gasteiger partial charge in [-0.05, 0) is 62.1 Å². The first-order chi connectivity index (χ1) is 16.2. The monoisotopic (exact) mass is 499 g/mol. The number of halogens is 1. The zero-order valence-corrected chi connectivity index (χ0v) is 21.5. The minimum Gasteiger partial charge on any atom is -0.326 e. The molecule has 0 unspecified atom stereocenters. The Morgan fingerprint density at radius 2 is 1.71 bits per heavy atom. The molecular weight excluding hydrogens is 470 g/mol. The van der Waals surface area contributed by atoms with E-state index >= 15 is 0 Å². The number of hydrogen-bond donors (Lipinski definition) is 2. The maximum absolute atomic E-state index is 12.4. The number of amides is 2. The third-order valence-electron chi connectivity index (χ3n) is 5.40. The van der Waals surface area contributed by atoms with Gasteiger partial charge in [-0.25, -0.2) is 0 Å². The third kappa shape index (κ3) is 7.33. The lowest BCUT2D eigenvalue weighted by Gasteiger charge is -2.09. The van der Waals surface area contributed by atoms with Crippen molar-refractivity contribution in [3.05, 3.63) is 63.9 Å². The Bertz CT molecular complexity index is 1180. The predicted octanol–water partition coefficient (Wildman–Crippen LogP) is 5.48. The molecule has 2 aromatic carbocycles. The van der Waals surface area contributed by atoms with Gasteiger partial charge in [0.1, 0.15) is 5.82 Å². The van der Waals surface area contributed by atoms with Crippen LogP contribution in [0.4, 0.5) is 11.4 Å². The molecule has 180 valence electrons. The fourth-order valence-corrected chi connectivity index (χ4v) is 4.34. The lowest BCUT2D eigenvalue weighted by atomic mass is 10.1. The van der Waals surface area contributed by atoms with E-state index in [4.69, 9.17) is 11.6 Å². The molecule has 0 aliphatic rings. The highest BCUT2D eigenvalue weighted by Crippen LogP contribution is 2.21. The standard InChI is InChI=1S/C25H30ClN5O2S/c1-16-7-8-18(3)21(14-16)28-24(33)12-11-22-29-30-25(31(22)4)34-13-5-6-23(32)27-19-10-9-17(2)20(26)15-19/h7-10,14-15H,5-6,11-13H2,1-4H3,(H,27,32)(H,28,33). The number of nitrogens with one attached hydrogen (secondary N) is 2. The molecule has 1 heterocycles. The Labute approximate surface area is 209 Å². The van der Waals surface area contributed by atoms with Crippen molar-refractivity contribution in [3.8, 4) is 0 Å². The van der Waals surface area contributed by atoms with E-state index in [2.05, 4.69) is 20.8 Å². The molecule has 0 saturated carbocycles. The Morgan fingerprint density at radius 1 is 0.971 bits per heavy atom. The molecule has 0 saturated heterocycles. The molecule has 3 aromatic rings. The average Bonchev–Trinajstić information content (AvgIpc) is 3.14. The second-order valence-corrected chi connectivity index (χ2v) is 9.76. The van der Waals surface area contributed by atoms with E-state index in [1.54, 1.807) is 17.8 Å². The summed E-state index contributed by atoms with van der Waals surface area (Å²) >= 11 is 7.65. The lowest BCUT2D eigenvalue weighted by molar-refractivity contribution is -0.117. The number of benzene rings is 2. The molecule has 34 heavy (non-hydrogen) atoms. The summed E-state index contributed by atoms with van der Waals surface area (Å²) in [7, 11) is 1.90. The number of anilines is 2. The molecule has 0 aliphatic carbocycles. The molecule has 0 radical (unpaired) electrons. The van der Waals surface area contributed by atoms with Gasteiger partial charge in [-0.2, -0.15) is 0 Å². The Hall–Kier alpha value is -2.84. The summed E-state index contributed by atoms with van der Waals surface area (Å²) in [5, 5.41) is 15.7.